The first kappa shape index (κ1) is 11.4. The van der Waals surface area contributed by atoms with E-state index in [4.69, 9.17) is 10.5 Å². The third-order valence-corrected chi connectivity index (χ3v) is 2.17. The Bertz CT molecular complexity index is 336. The number of hydrogen-bond acceptors (Lipinski definition) is 3. The van der Waals surface area contributed by atoms with E-state index in [-0.39, 0.29) is 0 Å². The second kappa shape index (κ2) is 5.29. The highest BCUT2D eigenvalue weighted by molar-refractivity contribution is 5.61. The molecule has 0 radical (unpaired) electrons. The van der Waals surface area contributed by atoms with Gasteiger partial charge in [-0.25, -0.2) is 0 Å². The van der Waals surface area contributed by atoms with E-state index in [9.17, 15) is 0 Å². The molecule has 82 valence electrons. The number of anilines is 2. The predicted molar refractivity (Wildman–Crippen MR) is 65.3 cm³/mol. The topological polar surface area (TPSA) is 47.3 Å². The van der Waals surface area contributed by atoms with Crippen molar-refractivity contribution in [2.75, 3.05) is 18.2 Å². The molecule has 0 saturated carbocycles. The minimum Gasteiger partial charge on any atom is -0.495 e. The Balaban J connectivity index is 2.73. The van der Waals surface area contributed by atoms with E-state index in [2.05, 4.69) is 18.8 Å². The molecule has 1 atom stereocenters. The van der Waals surface area contributed by atoms with Crippen LogP contribution in [0.15, 0.2) is 30.9 Å². The molecule has 0 heterocycles. The van der Waals surface area contributed by atoms with Crippen LogP contribution in [0.5, 0.6) is 5.75 Å². The Morgan fingerprint density at radius 2 is 2.33 bits per heavy atom. The monoisotopic (exact) mass is 206 g/mol. The average molecular weight is 206 g/mol. The third kappa shape index (κ3) is 3.20. The third-order valence-electron chi connectivity index (χ3n) is 2.17. The fraction of sp³-hybridized carbons (Fsp3) is 0.333. The van der Waals surface area contributed by atoms with Gasteiger partial charge in [0, 0.05) is 17.8 Å². The van der Waals surface area contributed by atoms with Gasteiger partial charge in [0.1, 0.15) is 5.75 Å². The van der Waals surface area contributed by atoms with Gasteiger partial charge in [0.2, 0.25) is 0 Å². The van der Waals surface area contributed by atoms with Gasteiger partial charge in [-0.15, -0.1) is 6.58 Å². The molecule has 1 aromatic carbocycles. The molecule has 0 aromatic heterocycles. The summed E-state index contributed by atoms with van der Waals surface area (Å²) in [6, 6.07) is 6.03. The minimum absolute atomic E-state index is 0.357. The number of rotatable bonds is 5. The molecule has 15 heavy (non-hydrogen) atoms. The number of nitrogens with two attached hydrogens (primary N) is 1. The lowest BCUT2D eigenvalue weighted by molar-refractivity contribution is 0.417. The largest absolute Gasteiger partial charge is 0.495 e. The zero-order valence-corrected chi connectivity index (χ0v) is 9.29. The molecule has 0 amide bonds. The van der Waals surface area contributed by atoms with Gasteiger partial charge >= 0.3 is 0 Å². The molecule has 0 aliphatic heterocycles. The summed E-state index contributed by atoms with van der Waals surface area (Å²) in [5.41, 5.74) is 7.38. The maximum absolute atomic E-state index is 5.72. The van der Waals surface area contributed by atoms with Crippen LogP contribution in [-0.4, -0.2) is 13.2 Å². The van der Waals surface area contributed by atoms with Crippen LogP contribution in [0.2, 0.25) is 0 Å². The Kier molecular flexibility index (Phi) is 4.03. The SMILES string of the molecule is C=CCC(C)Nc1ccc(N)c(OC)c1. The van der Waals surface area contributed by atoms with Gasteiger partial charge < -0.3 is 15.8 Å². The molecule has 3 N–H and O–H groups in total. The number of nitrogens with one attached hydrogen (secondary N) is 1. The normalized spacial score (nSPS) is 11.9. The smallest absolute Gasteiger partial charge is 0.143 e. The standard InChI is InChI=1S/C12H18N2O/c1-4-5-9(2)14-10-6-7-11(13)12(8-10)15-3/h4,6-9,14H,1,5,13H2,2-3H3. The van der Waals surface area contributed by atoms with Crippen molar-refractivity contribution in [3.05, 3.63) is 30.9 Å². The van der Waals surface area contributed by atoms with Crippen molar-refractivity contribution in [2.45, 2.75) is 19.4 Å². The van der Waals surface area contributed by atoms with Crippen LogP contribution in [0.1, 0.15) is 13.3 Å². The Morgan fingerprint density at radius 1 is 1.60 bits per heavy atom. The van der Waals surface area contributed by atoms with Crippen LogP contribution in [0.25, 0.3) is 0 Å². The van der Waals surface area contributed by atoms with Gasteiger partial charge in [-0.3, -0.25) is 0 Å². The first-order valence-corrected chi connectivity index (χ1v) is 4.98. The van der Waals surface area contributed by atoms with Crippen LogP contribution in [0, 0.1) is 0 Å². The van der Waals surface area contributed by atoms with Crippen LogP contribution in [-0.2, 0) is 0 Å². The predicted octanol–water partition coefficient (Wildman–Crippen LogP) is 2.65. The van der Waals surface area contributed by atoms with Gasteiger partial charge in [0.05, 0.1) is 12.8 Å². The quantitative estimate of drug-likeness (QED) is 0.575. The molecule has 0 aliphatic rings. The zero-order valence-electron chi connectivity index (χ0n) is 9.29. The van der Waals surface area contributed by atoms with Crippen molar-refractivity contribution in [1.29, 1.82) is 0 Å². The number of ether oxygens (including phenoxy) is 1. The second-order valence-electron chi connectivity index (χ2n) is 3.53. The summed E-state index contributed by atoms with van der Waals surface area (Å²) in [5, 5.41) is 3.34. The van der Waals surface area contributed by atoms with E-state index < -0.39 is 0 Å². The van der Waals surface area contributed by atoms with Crippen molar-refractivity contribution in [3.8, 4) is 5.75 Å². The Hall–Kier alpha value is -1.64. The minimum atomic E-state index is 0.357. The van der Waals surface area contributed by atoms with E-state index in [1.54, 1.807) is 7.11 Å². The van der Waals surface area contributed by atoms with Gasteiger partial charge in [-0.05, 0) is 25.5 Å². The molecule has 0 bridgehead atoms. The highest BCUT2D eigenvalue weighted by Crippen LogP contribution is 2.25. The molecule has 1 aromatic rings. The summed E-state index contributed by atoms with van der Waals surface area (Å²) < 4.78 is 5.14. The van der Waals surface area contributed by atoms with E-state index in [0.717, 1.165) is 12.1 Å². The van der Waals surface area contributed by atoms with Gasteiger partial charge in [-0.2, -0.15) is 0 Å². The molecule has 0 saturated heterocycles. The maximum Gasteiger partial charge on any atom is 0.143 e. The van der Waals surface area contributed by atoms with Crippen LogP contribution >= 0.6 is 0 Å². The summed E-state index contributed by atoms with van der Waals surface area (Å²) in [6.07, 6.45) is 2.82. The van der Waals surface area contributed by atoms with Crippen molar-refractivity contribution in [1.82, 2.24) is 0 Å². The summed E-state index contributed by atoms with van der Waals surface area (Å²) in [7, 11) is 1.61. The fourth-order valence-electron chi connectivity index (χ4n) is 1.39. The van der Waals surface area contributed by atoms with Crippen molar-refractivity contribution in [2.24, 2.45) is 0 Å². The zero-order chi connectivity index (χ0) is 11.3. The summed E-state index contributed by atoms with van der Waals surface area (Å²) in [6.45, 7) is 5.81. The van der Waals surface area contributed by atoms with E-state index in [1.165, 1.54) is 0 Å². The molecule has 1 rings (SSSR count). The maximum atomic E-state index is 5.72. The lowest BCUT2D eigenvalue weighted by Gasteiger charge is -2.14. The summed E-state index contributed by atoms with van der Waals surface area (Å²) >= 11 is 0. The van der Waals surface area contributed by atoms with Crippen molar-refractivity contribution >= 4 is 11.4 Å². The number of hydrogen-bond donors (Lipinski definition) is 2. The molecular weight excluding hydrogens is 188 g/mol. The molecule has 3 nitrogen and oxygen atoms in total. The number of nitrogen functional groups attached to an aromatic ring is 1. The van der Waals surface area contributed by atoms with Gasteiger partial charge in [-0.1, -0.05) is 6.08 Å². The van der Waals surface area contributed by atoms with Crippen molar-refractivity contribution < 1.29 is 4.74 Å². The highest BCUT2D eigenvalue weighted by atomic mass is 16.5. The van der Waals surface area contributed by atoms with E-state index in [0.29, 0.717) is 17.5 Å². The first-order valence-electron chi connectivity index (χ1n) is 4.98. The first-order chi connectivity index (χ1) is 7.17. The highest BCUT2D eigenvalue weighted by Gasteiger charge is 2.03. The van der Waals surface area contributed by atoms with E-state index >= 15 is 0 Å². The Morgan fingerprint density at radius 3 is 2.93 bits per heavy atom. The summed E-state index contributed by atoms with van der Waals surface area (Å²) in [5.74, 6) is 0.700. The molecule has 1 unspecified atom stereocenters. The fourth-order valence-corrected chi connectivity index (χ4v) is 1.39. The molecular formula is C12H18N2O. The van der Waals surface area contributed by atoms with Crippen LogP contribution in [0.4, 0.5) is 11.4 Å². The van der Waals surface area contributed by atoms with Crippen molar-refractivity contribution in [3.63, 3.8) is 0 Å². The Labute approximate surface area is 90.9 Å². The number of methoxy groups -OCH3 is 1. The van der Waals surface area contributed by atoms with Crippen LogP contribution < -0.4 is 15.8 Å². The molecule has 0 fully saturated rings. The lowest BCUT2D eigenvalue weighted by atomic mass is 10.2. The van der Waals surface area contributed by atoms with Crippen LogP contribution in [0.3, 0.4) is 0 Å². The van der Waals surface area contributed by atoms with E-state index in [1.807, 2.05) is 24.3 Å². The average Bonchev–Trinajstić information content (AvgIpc) is 2.21. The molecule has 0 aliphatic carbocycles. The lowest BCUT2D eigenvalue weighted by Crippen LogP contribution is -2.13. The molecule has 3 heteroatoms. The molecule has 0 spiro atoms. The van der Waals surface area contributed by atoms with Gasteiger partial charge in [0.25, 0.3) is 0 Å². The van der Waals surface area contributed by atoms with Gasteiger partial charge in [0.15, 0.2) is 0 Å². The number of benzene rings is 1. The second-order valence-corrected chi connectivity index (χ2v) is 3.53. The summed E-state index contributed by atoms with van der Waals surface area (Å²) in [4.78, 5) is 0.